The molecule has 0 atom stereocenters. The van der Waals surface area contributed by atoms with Crippen LogP contribution in [0.4, 0.5) is 0 Å². The largest absolute Gasteiger partial charge is 0.497 e. The minimum absolute atomic E-state index is 0.226. The highest BCUT2D eigenvalue weighted by molar-refractivity contribution is 5.96. The number of Topliss-reactive ketones (excluding diaryl/α,β-unsaturated/α-hetero) is 1. The molecular formula is C13H20N2O2+2. The molecule has 4 nitrogen and oxygen atoms in total. The van der Waals surface area contributed by atoms with Crippen molar-refractivity contribution in [3.63, 3.8) is 0 Å². The van der Waals surface area contributed by atoms with E-state index in [-0.39, 0.29) is 5.78 Å². The second-order valence-electron chi connectivity index (χ2n) is 4.44. The Morgan fingerprint density at radius 3 is 2.53 bits per heavy atom. The van der Waals surface area contributed by atoms with E-state index in [4.69, 9.17) is 4.74 Å². The van der Waals surface area contributed by atoms with E-state index in [0.29, 0.717) is 6.54 Å². The summed E-state index contributed by atoms with van der Waals surface area (Å²) in [6.45, 7) is 5.04. The van der Waals surface area contributed by atoms with Crippen LogP contribution in [0.25, 0.3) is 0 Å². The van der Waals surface area contributed by atoms with Gasteiger partial charge in [0.2, 0.25) is 5.78 Å². The molecule has 0 spiro atoms. The monoisotopic (exact) mass is 236 g/mol. The predicted molar refractivity (Wildman–Crippen MR) is 64.5 cm³/mol. The molecule has 1 aromatic rings. The number of piperazine rings is 1. The van der Waals surface area contributed by atoms with Crippen molar-refractivity contribution in [2.75, 3.05) is 39.8 Å². The van der Waals surface area contributed by atoms with Crippen molar-refractivity contribution in [2.24, 2.45) is 0 Å². The molecule has 0 unspecified atom stereocenters. The third-order valence-corrected chi connectivity index (χ3v) is 3.23. The van der Waals surface area contributed by atoms with Crippen LogP contribution in [0.1, 0.15) is 10.4 Å². The minimum atomic E-state index is 0.226. The molecule has 17 heavy (non-hydrogen) atoms. The van der Waals surface area contributed by atoms with Crippen LogP contribution in [-0.2, 0) is 0 Å². The summed E-state index contributed by atoms with van der Waals surface area (Å²) in [5.41, 5.74) is 0.785. The molecule has 1 heterocycles. The minimum Gasteiger partial charge on any atom is -0.497 e. The summed E-state index contributed by atoms with van der Waals surface area (Å²) in [6.07, 6.45) is 0. The average Bonchev–Trinajstić information content (AvgIpc) is 2.40. The molecule has 3 N–H and O–H groups in total. The summed E-state index contributed by atoms with van der Waals surface area (Å²) in [5.74, 6) is 1.02. The Kier molecular flexibility index (Phi) is 4.12. The summed E-state index contributed by atoms with van der Waals surface area (Å²) in [5, 5.41) is 2.31. The number of hydrogen-bond donors (Lipinski definition) is 2. The van der Waals surface area contributed by atoms with E-state index >= 15 is 0 Å². The SMILES string of the molecule is COc1ccc(C(=O)C[NH+]2CC[NH2+]CC2)cc1. The molecule has 0 aliphatic carbocycles. The highest BCUT2D eigenvalue weighted by atomic mass is 16.5. The maximum Gasteiger partial charge on any atom is 0.216 e. The zero-order chi connectivity index (χ0) is 12.1. The van der Waals surface area contributed by atoms with Crippen molar-refractivity contribution >= 4 is 5.78 Å². The fraction of sp³-hybridized carbons (Fsp3) is 0.462. The Morgan fingerprint density at radius 1 is 1.29 bits per heavy atom. The van der Waals surface area contributed by atoms with Gasteiger partial charge < -0.3 is 15.0 Å². The molecule has 1 aromatic carbocycles. The van der Waals surface area contributed by atoms with E-state index in [1.807, 2.05) is 24.3 Å². The van der Waals surface area contributed by atoms with E-state index in [2.05, 4.69) is 5.32 Å². The van der Waals surface area contributed by atoms with Crippen LogP contribution in [0.15, 0.2) is 24.3 Å². The van der Waals surface area contributed by atoms with Crippen LogP contribution in [-0.4, -0.2) is 45.6 Å². The van der Waals surface area contributed by atoms with Crippen molar-refractivity contribution in [1.82, 2.24) is 0 Å². The number of quaternary nitrogens is 2. The number of benzene rings is 1. The van der Waals surface area contributed by atoms with Gasteiger partial charge in [-0.1, -0.05) is 0 Å². The second kappa shape index (κ2) is 5.80. The molecule has 4 heteroatoms. The number of methoxy groups -OCH3 is 1. The van der Waals surface area contributed by atoms with Gasteiger partial charge in [0, 0.05) is 5.56 Å². The van der Waals surface area contributed by atoms with E-state index in [1.54, 1.807) is 7.11 Å². The molecule has 1 aliphatic heterocycles. The van der Waals surface area contributed by atoms with Gasteiger partial charge in [0.1, 0.15) is 38.5 Å². The average molecular weight is 236 g/mol. The van der Waals surface area contributed by atoms with Gasteiger partial charge in [0.15, 0.2) is 0 Å². The van der Waals surface area contributed by atoms with Gasteiger partial charge in [-0.3, -0.25) is 4.79 Å². The number of carbonyl (C=O) groups is 1. The summed E-state index contributed by atoms with van der Waals surface area (Å²) >= 11 is 0. The van der Waals surface area contributed by atoms with Crippen LogP contribution in [0.2, 0.25) is 0 Å². The van der Waals surface area contributed by atoms with Crippen LogP contribution >= 0.6 is 0 Å². The van der Waals surface area contributed by atoms with Gasteiger partial charge >= 0.3 is 0 Å². The predicted octanol–water partition coefficient (Wildman–Crippen LogP) is -1.66. The lowest BCUT2D eigenvalue weighted by molar-refractivity contribution is -0.940. The van der Waals surface area contributed by atoms with Crippen LogP contribution in [0, 0.1) is 0 Å². The number of ketones is 1. The number of hydrogen-bond acceptors (Lipinski definition) is 2. The van der Waals surface area contributed by atoms with Gasteiger partial charge in [-0.2, -0.15) is 0 Å². The molecule has 0 aromatic heterocycles. The number of nitrogens with two attached hydrogens (primary N) is 1. The van der Waals surface area contributed by atoms with Crippen molar-refractivity contribution in [2.45, 2.75) is 0 Å². The quantitative estimate of drug-likeness (QED) is 0.615. The first-order chi connectivity index (χ1) is 8.29. The first kappa shape index (κ1) is 12.1. The Hall–Kier alpha value is -1.39. The Morgan fingerprint density at radius 2 is 1.94 bits per heavy atom. The zero-order valence-corrected chi connectivity index (χ0v) is 10.2. The van der Waals surface area contributed by atoms with Crippen LogP contribution in [0.5, 0.6) is 5.75 Å². The van der Waals surface area contributed by atoms with Gasteiger partial charge in [0.25, 0.3) is 0 Å². The Labute approximate surface area is 102 Å². The summed E-state index contributed by atoms with van der Waals surface area (Å²) in [4.78, 5) is 13.4. The molecule has 0 saturated carbocycles. The van der Waals surface area contributed by atoms with E-state index < -0.39 is 0 Å². The third kappa shape index (κ3) is 3.28. The summed E-state index contributed by atoms with van der Waals surface area (Å²) < 4.78 is 5.08. The molecule has 1 fully saturated rings. The van der Waals surface area contributed by atoms with E-state index in [0.717, 1.165) is 37.5 Å². The topological polar surface area (TPSA) is 47.4 Å². The maximum atomic E-state index is 12.0. The maximum absolute atomic E-state index is 12.0. The van der Waals surface area contributed by atoms with Crippen molar-refractivity contribution in [1.29, 1.82) is 0 Å². The van der Waals surface area contributed by atoms with Crippen molar-refractivity contribution < 1.29 is 19.7 Å². The molecule has 0 amide bonds. The Balaban J connectivity index is 1.93. The first-order valence-electron chi connectivity index (χ1n) is 6.12. The summed E-state index contributed by atoms with van der Waals surface area (Å²) in [7, 11) is 1.63. The third-order valence-electron chi connectivity index (χ3n) is 3.23. The van der Waals surface area contributed by atoms with Crippen molar-refractivity contribution in [3.8, 4) is 5.75 Å². The Bertz CT molecular complexity index is 370. The highest BCUT2D eigenvalue weighted by Gasteiger charge is 2.19. The van der Waals surface area contributed by atoms with Gasteiger partial charge in [-0.25, -0.2) is 0 Å². The molecule has 1 saturated heterocycles. The van der Waals surface area contributed by atoms with E-state index in [1.165, 1.54) is 4.90 Å². The number of nitrogens with one attached hydrogen (secondary N) is 1. The summed E-state index contributed by atoms with van der Waals surface area (Å²) in [6, 6.07) is 7.37. The van der Waals surface area contributed by atoms with Crippen molar-refractivity contribution in [3.05, 3.63) is 29.8 Å². The first-order valence-corrected chi connectivity index (χ1v) is 6.12. The van der Waals surface area contributed by atoms with Gasteiger partial charge in [-0.15, -0.1) is 0 Å². The fourth-order valence-electron chi connectivity index (χ4n) is 2.16. The second-order valence-corrected chi connectivity index (χ2v) is 4.44. The lowest BCUT2D eigenvalue weighted by Gasteiger charge is -2.21. The van der Waals surface area contributed by atoms with Gasteiger partial charge in [0.05, 0.1) is 7.11 Å². The van der Waals surface area contributed by atoms with Crippen LogP contribution < -0.4 is 15.0 Å². The van der Waals surface area contributed by atoms with Crippen LogP contribution in [0.3, 0.4) is 0 Å². The number of ether oxygens (including phenoxy) is 1. The number of carbonyl (C=O) groups excluding carboxylic acids is 1. The van der Waals surface area contributed by atoms with E-state index in [9.17, 15) is 4.79 Å². The molecule has 0 radical (unpaired) electrons. The molecule has 1 aliphatic rings. The zero-order valence-electron chi connectivity index (χ0n) is 10.2. The fourth-order valence-corrected chi connectivity index (χ4v) is 2.16. The molecule has 2 rings (SSSR count). The lowest BCUT2D eigenvalue weighted by atomic mass is 10.1. The lowest BCUT2D eigenvalue weighted by Crippen LogP contribution is -3.21. The van der Waals surface area contributed by atoms with Gasteiger partial charge in [-0.05, 0) is 24.3 Å². The molecular weight excluding hydrogens is 216 g/mol. The molecule has 0 bridgehead atoms. The smallest absolute Gasteiger partial charge is 0.216 e. The molecule has 92 valence electrons. The standard InChI is InChI=1S/C13H18N2O2/c1-17-12-4-2-11(3-5-12)13(16)10-15-8-6-14-7-9-15/h2-5,14H,6-10H2,1H3/p+2. The highest BCUT2D eigenvalue weighted by Crippen LogP contribution is 2.11. The normalized spacial score (nSPS) is 16.8. The number of rotatable bonds is 4.